The maximum atomic E-state index is 12.5. The second kappa shape index (κ2) is 5.16. The molecule has 3 aliphatic rings. The van der Waals surface area contributed by atoms with E-state index in [9.17, 15) is 9.59 Å². The third-order valence-corrected chi connectivity index (χ3v) is 4.82. The van der Waals surface area contributed by atoms with Crippen molar-refractivity contribution < 1.29 is 9.59 Å². The number of nitrogens with zero attached hydrogens (tertiary/aromatic N) is 3. The summed E-state index contributed by atoms with van der Waals surface area (Å²) in [5.41, 5.74) is 0. The molecule has 2 aliphatic carbocycles. The quantitative estimate of drug-likeness (QED) is 0.342. The van der Waals surface area contributed by atoms with Gasteiger partial charge in [0.1, 0.15) is 0 Å². The number of aliphatic imine (C=N–C) groups is 1. The van der Waals surface area contributed by atoms with Crippen LogP contribution in [0, 0.1) is 23.7 Å². The Kier molecular flexibility index (Phi) is 3.47. The molecule has 0 aromatic rings. The zero-order valence-corrected chi connectivity index (χ0v) is 12.7. The van der Waals surface area contributed by atoms with Crippen molar-refractivity contribution in [3.8, 4) is 0 Å². The van der Waals surface area contributed by atoms with Crippen molar-refractivity contribution in [3.05, 3.63) is 12.2 Å². The summed E-state index contributed by atoms with van der Waals surface area (Å²) in [6.45, 7) is 0.946. The lowest BCUT2D eigenvalue weighted by molar-refractivity contribution is -0.140. The fourth-order valence-electron chi connectivity index (χ4n) is 3.90. The van der Waals surface area contributed by atoms with Gasteiger partial charge in [-0.05, 0) is 18.3 Å². The predicted molar refractivity (Wildman–Crippen MR) is 79.5 cm³/mol. The summed E-state index contributed by atoms with van der Waals surface area (Å²) < 4.78 is 0. The van der Waals surface area contributed by atoms with Crippen molar-refractivity contribution >= 4 is 17.8 Å². The SMILES string of the molecule is CN=C(NCCN1C(=O)C2C3C=CC(C3)C2C1=O)N(C)C. The van der Waals surface area contributed by atoms with Gasteiger partial charge in [0.15, 0.2) is 5.96 Å². The number of rotatable bonds is 3. The molecule has 0 aromatic carbocycles. The fraction of sp³-hybridized carbons (Fsp3) is 0.667. The summed E-state index contributed by atoms with van der Waals surface area (Å²) in [7, 11) is 5.51. The lowest BCUT2D eigenvalue weighted by atomic mass is 9.85. The highest BCUT2D eigenvalue weighted by Gasteiger charge is 2.58. The highest BCUT2D eigenvalue weighted by Crippen LogP contribution is 2.52. The third-order valence-electron chi connectivity index (χ3n) is 4.82. The van der Waals surface area contributed by atoms with E-state index in [0.717, 1.165) is 12.4 Å². The smallest absolute Gasteiger partial charge is 0.233 e. The molecular weight excluding hydrogens is 268 g/mol. The Balaban J connectivity index is 1.61. The number of guanidine groups is 1. The van der Waals surface area contributed by atoms with Crippen LogP contribution in [-0.4, -0.2) is 61.8 Å². The van der Waals surface area contributed by atoms with Crippen molar-refractivity contribution in [3.63, 3.8) is 0 Å². The van der Waals surface area contributed by atoms with E-state index in [-0.39, 0.29) is 35.5 Å². The summed E-state index contributed by atoms with van der Waals surface area (Å²) in [6, 6.07) is 0. The van der Waals surface area contributed by atoms with Gasteiger partial charge in [0, 0.05) is 34.2 Å². The van der Waals surface area contributed by atoms with Gasteiger partial charge in [-0.2, -0.15) is 0 Å². The number of allylic oxidation sites excluding steroid dienone is 2. The molecule has 4 atom stereocenters. The monoisotopic (exact) mass is 290 g/mol. The number of hydrogen-bond donors (Lipinski definition) is 1. The van der Waals surface area contributed by atoms with Gasteiger partial charge in [-0.15, -0.1) is 0 Å². The maximum absolute atomic E-state index is 12.5. The first-order valence-corrected chi connectivity index (χ1v) is 7.46. The molecule has 1 saturated carbocycles. The molecule has 0 aromatic heterocycles. The number of likely N-dealkylation sites (tertiary alicyclic amines) is 1. The van der Waals surface area contributed by atoms with Gasteiger partial charge in [0.05, 0.1) is 11.8 Å². The van der Waals surface area contributed by atoms with E-state index in [1.54, 1.807) is 7.05 Å². The zero-order chi connectivity index (χ0) is 15.1. The minimum Gasteiger partial charge on any atom is -0.354 e. The Morgan fingerprint density at radius 1 is 1.29 bits per heavy atom. The minimum atomic E-state index is -0.0966. The first-order valence-electron chi connectivity index (χ1n) is 7.46. The molecule has 1 aliphatic heterocycles. The average molecular weight is 290 g/mol. The van der Waals surface area contributed by atoms with E-state index in [1.807, 2.05) is 19.0 Å². The number of fused-ring (bicyclic) bond motifs is 5. The van der Waals surface area contributed by atoms with Crippen LogP contribution in [0.3, 0.4) is 0 Å². The van der Waals surface area contributed by atoms with Gasteiger partial charge in [-0.25, -0.2) is 0 Å². The number of imide groups is 1. The second-order valence-electron chi connectivity index (χ2n) is 6.20. The minimum absolute atomic E-state index is 0.0171. The Morgan fingerprint density at radius 3 is 2.33 bits per heavy atom. The maximum Gasteiger partial charge on any atom is 0.233 e. The van der Waals surface area contributed by atoms with E-state index in [2.05, 4.69) is 22.5 Å². The molecule has 6 heteroatoms. The standard InChI is InChI=1S/C15H22N4O2/c1-16-15(18(2)3)17-6-7-19-13(20)11-9-4-5-10(8-9)12(11)14(19)21/h4-5,9-12H,6-8H2,1-3H3,(H,16,17). The normalized spacial score (nSPS) is 33.9. The molecular formula is C15H22N4O2. The van der Waals surface area contributed by atoms with E-state index < -0.39 is 0 Å². The Hall–Kier alpha value is -1.85. The van der Waals surface area contributed by atoms with E-state index in [4.69, 9.17) is 0 Å². The Labute approximate surface area is 124 Å². The predicted octanol–water partition coefficient (Wildman–Crippen LogP) is -0.0695. The van der Waals surface area contributed by atoms with E-state index in [0.29, 0.717) is 13.1 Å². The molecule has 114 valence electrons. The lowest BCUT2D eigenvalue weighted by Gasteiger charge is -2.20. The van der Waals surface area contributed by atoms with E-state index >= 15 is 0 Å². The van der Waals surface area contributed by atoms with Gasteiger partial charge in [0.2, 0.25) is 11.8 Å². The zero-order valence-electron chi connectivity index (χ0n) is 12.7. The average Bonchev–Trinajstić information content (AvgIpc) is 3.11. The Bertz CT molecular complexity index is 496. The highest BCUT2D eigenvalue weighted by atomic mass is 16.2. The Morgan fingerprint density at radius 2 is 1.86 bits per heavy atom. The topological polar surface area (TPSA) is 65.0 Å². The third kappa shape index (κ3) is 2.13. The van der Waals surface area contributed by atoms with Crippen LogP contribution in [0.15, 0.2) is 17.1 Å². The van der Waals surface area contributed by atoms with Gasteiger partial charge < -0.3 is 10.2 Å². The van der Waals surface area contributed by atoms with Crippen molar-refractivity contribution in [2.45, 2.75) is 6.42 Å². The van der Waals surface area contributed by atoms with Crippen LogP contribution >= 0.6 is 0 Å². The molecule has 2 amide bonds. The van der Waals surface area contributed by atoms with Crippen LogP contribution < -0.4 is 5.32 Å². The number of carbonyl (C=O) groups excluding carboxylic acids is 2. The number of amides is 2. The lowest BCUT2D eigenvalue weighted by Crippen LogP contribution is -2.43. The van der Waals surface area contributed by atoms with Crippen LogP contribution in [0.2, 0.25) is 0 Å². The van der Waals surface area contributed by atoms with Crippen LogP contribution in [0.5, 0.6) is 0 Å². The van der Waals surface area contributed by atoms with Crippen molar-refractivity contribution in [1.82, 2.24) is 15.1 Å². The summed E-state index contributed by atoms with van der Waals surface area (Å²) in [6.07, 6.45) is 5.21. The summed E-state index contributed by atoms with van der Waals surface area (Å²) in [5.74, 6) is 1.15. The molecule has 0 radical (unpaired) electrons. The van der Waals surface area contributed by atoms with Gasteiger partial charge in [0.25, 0.3) is 0 Å². The van der Waals surface area contributed by atoms with Crippen LogP contribution in [0.1, 0.15) is 6.42 Å². The van der Waals surface area contributed by atoms with Crippen LogP contribution in [0.4, 0.5) is 0 Å². The molecule has 0 spiro atoms. The molecule has 1 N–H and O–H groups in total. The summed E-state index contributed by atoms with van der Waals surface area (Å²) in [4.78, 5) is 32.4. The molecule has 2 bridgehead atoms. The first kappa shape index (κ1) is 14.1. The number of hydrogen-bond acceptors (Lipinski definition) is 3. The van der Waals surface area contributed by atoms with Gasteiger partial charge in [-0.3, -0.25) is 19.5 Å². The highest BCUT2D eigenvalue weighted by molar-refractivity contribution is 6.06. The van der Waals surface area contributed by atoms with Crippen LogP contribution in [0.25, 0.3) is 0 Å². The molecule has 4 unspecified atom stereocenters. The number of nitrogens with one attached hydrogen (secondary N) is 1. The molecule has 2 fully saturated rings. The second-order valence-corrected chi connectivity index (χ2v) is 6.20. The fourth-order valence-corrected chi connectivity index (χ4v) is 3.90. The molecule has 6 nitrogen and oxygen atoms in total. The molecule has 3 rings (SSSR count). The summed E-state index contributed by atoms with van der Waals surface area (Å²) >= 11 is 0. The first-order chi connectivity index (χ1) is 10.0. The van der Waals surface area contributed by atoms with Gasteiger partial charge >= 0.3 is 0 Å². The number of carbonyl (C=O) groups is 2. The summed E-state index contributed by atoms with van der Waals surface area (Å²) in [5, 5.41) is 3.15. The van der Waals surface area contributed by atoms with Gasteiger partial charge in [-0.1, -0.05) is 12.2 Å². The van der Waals surface area contributed by atoms with E-state index in [1.165, 1.54) is 4.90 Å². The molecule has 1 heterocycles. The molecule has 21 heavy (non-hydrogen) atoms. The molecule has 1 saturated heterocycles. The largest absolute Gasteiger partial charge is 0.354 e. The van der Waals surface area contributed by atoms with Crippen molar-refractivity contribution in [2.24, 2.45) is 28.7 Å². The van der Waals surface area contributed by atoms with Crippen LogP contribution in [-0.2, 0) is 9.59 Å². The van der Waals surface area contributed by atoms with Crippen molar-refractivity contribution in [2.75, 3.05) is 34.2 Å². The van der Waals surface area contributed by atoms with Crippen molar-refractivity contribution in [1.29, 1.82) is 0 Å².